The molecule has 0 aliphatic carbocycles. The Kier molecular flexibility index (Phi) is 12.3. The van der Waals surface area contributed by atoms with Crippen molar-refractivity contribution in [3.63, 3.8) is 0 Å². The highest BCUT2D eigenvalue weighted by Gasteiger charge is 2.63. The summed E-state index contributed by atoms with van der Waals surface area (Å²) in [6, 6.07) is 51.7. The highest BCUT2D eigenvalue weighted by atomic mass is 16.6. The zero-order valence-electron chi connectivity index (χ0n) is 38.5. The van der Waals surface area contributed by atoms with Crippen molar-refractivity contribution in [2.45, 2.75) is 89.2 Å². The maximum atomic E-state index is 15.4. The Morgan fingerprint density at radius 3 is 1.08 bits per heavy atom. The topological polar surface area (TPSA) is 77.5 Å². The van der Waals surface area contributed by atoms with Crippen LogP contribution >= 0.6 is 0 Å². The Morgan fingerprint density at radius 2 is 0.773 bits per heavy atom. The summed E-state index contributed by atoms with van der Waals surface area (Å²) in [5, 5.41) is 0. The Bertz CT molecular complexity index is 2350. The SMILES string of the molecule is Cc1cc(C)cc(COC2C3CCN(C3)C2C(OC(=O)C(=O)OC(c2ccccc2)(c2ccccc2)C2C(OCc3cc(C)cc(C)c3)C3CCN2C3)(c2ccccc2)c2ccccc2)c1. The predicted octanol–water partition coefficient (Wildman–Crippen LogP) is 9.77. The fourth-order valence-corrected chi connectivity index (χ4v) is 12.2. The van der Waals surface area contributed by atoms with Crippen molar-refractivity contribution in [2.75, 3.05) is 26.2 Å². The molecule has 8 unspecified atom stereocenters. The first-order valence-corrected chi connectivity index (χ1v) is 23.7. The van der Waals surface area contributed by atoms with E-state index in [2.05, 4.69) is 73.9 Å². The maximum absolute atomic E-state index is 15.4. The average molecular weight is 881 g/mol. The Hall–Kier alpha value is -5.90. The minimum atomic E-state index is -1.45. The first-order valence-electron chi connectivity index (χ1n) is 23.7. The van der Waals surface area contributed by atoms with Gasteiger partial charge in [-0.1, -0.05) is 180 Å². The summed E-state index contributed by atoms with van der Waals surface area (Å²) >= 11 is 0. The molecule has 6 aromatic rings. The number of benzene rings is 6. The van der Waals surface area contributed by atoms with Crippen LogP contribution in [-0.4, -0.2) is 72.2 Å². The number of nitrogens with zero attached hydrogens (tertiary/aromatic N) is 2. The second-order valence-electron chi connectivity index (χ2n) is 19.2. The zero-order valence-corrected chi connectivity index (χ0v) is 38.5. The number of piperidine rings is 2. The van der Waals surface area contributed by atoms with E-state index in [-0.39, 0.29) is 24.0 Å². The molecule has 66 heavy (non-hydrogen) atoms. The molecule has 8 atom stereocenters. The van der Waals surface area contributed by atoms with Gasteiger partial charge in [0.05, 0.1) is 37.5 Å². The van der Waals surface area contributed by atoms with Crippen molar-refractivity contribution in [1.82, 2.24) is 9.80 Å². The number of carbonyl (C=O) groups is 2. The third-order valence-electron chi connectivity index (χ3n) is 14.6. The second kappa shape index (κ2) is 18.4. The molecule has 4 fully saturated rings. The number of aryl methyl sites for hydroxylation is 4. The van der Waals surface area contributed by atoms with Gasteiger partial charge in [-0.15, -0.1) is 0 Å². The van der Waals surface area contributed by atoms with Gasteiger partial charge >= 0.3 is 11.9 Å². The van der Waals surface area contributed by atoms with E-state index < -0.39 is 35.2 Å². The molecule has 8 heteroatoms. The molecule has 0 radical (unpaired) electrons. The van der Waals surface area contributed by atoms with Crippen LogP contribution in [0.2, 0.25) is 0 Å². The van der Waals surface area contributed by atoms with Crippen molar-refractivity contribution in [2.24, 2.45) is 11.8 Å². The summed E-state index contributed by atoms with van der Waals surface area (Å²) in [4.78, 5) is 35.6. The highest BCUT2D eigenvalue weighted by molar-refractivity contribution is 6.30. The average Bonchev–Trinajstić information content (AvgIpc) is 4.15. The van der Waals surface area contributed by atoms with Crippen molar-refractivity contribution in [3.05, 3.63) is 213 Å². The monoisotopic (exact) mass is 880 g/mol. The molecule has 0 spiro atoms. The molecule has 0 aromatic heterocycles. The van der Waals surface area contributed by atoms with Crippen molar-refractivity contribution in [3.8, 4) is 0 Å². The van der Waals surface area contributed by atoms with Gasteiger partial charge in [0.25, 0.3) is 0 Å². The number of hydrogen-bond donors (Lipinski definition) is 0. The zero-order chi connectivity index (χ0) is 45.4. The van der Waals surface area contributed by atoms with Gasteiger partial charge < -0.3 is 18.9 Å². The molecule has 8 nitrogen and oxygen atoms in total. The molecule has 0 amide bonds. The van der Waals surface area contributed by atoms with Gasteiger partial charge in [0.2, 0.25) is 0 Å². The standard InChI is InChI=1S/C58H60N2O6/c1-39-29-40(2)32-43(31-39)37-63-51-45-25-27-59(35-45)53(51)57(47-17-9-5-10-18-47,48-19-11-6-12-20-48)65-55(61)56(62)66-58(49-21-13-7-14-22-49,50-23-15-8-16-24-50)54-52(46-26-28-60(54)36-46)64-38-44-33-41(3)30-42(4)34-44/h5-24,29-34,45-46,51-54H,25-28,35-38H2,1-4H3. The fraction of sp³-hybridized carbons (Fsp3) is 0.345. The summed E-state index contributed by atoms with van der Waals surface area (Å²) in [6.45, 7) is 12.5. The van der Waals surface area contributed by atoms with Crippen LogP contribution in [0.15, 0.2) is 158 Å². The van der Waals surface area contributed by atoms with E-state index in [4.69, 9.17) is 18.9 Å². The lowest BCUT2D eigenvalue weighted by molar-refractivity contribution is -0.196. The van der Waals surface area contributed by atoms with Gasteiger partial charge in [-0.2, -0.15) is 0 Å². The van der Waals surface area contributed by atoms with Gasteiger partial charge in [-0.3, -0.25) is 9.80 Å². The van der Waals surface area contributed by atoms with Crippen LogP contribution in [0.3, 0.4) is 0 Å². The molecule has 4 bridgehead atoms. The van der Waals surface area contributed by atoms with E-state index in [9.17, 15) is 0 Å². The smallest absolute Gasteiger partial charge is 0.418 e. The van der Waals surface area contributed by atoms with Crippen LogP contribution in [0.1, 0.15) is 68.5 Å². The fourth-order valence-electron chi connectivity index (χ4n) is 12.2. The largest absolute Gasteiger partial charge is 0.439 e. The third-order valence-corrected chi connectivity index (χ3v) is 14.6. The van der Waals surface area contributed by atoms with E-state index in [1.807, 2.05) is 121 Å². The van der Waals surface area contributed by atoms with E-state index in [1.165, 1.54) is 22.3 Å². The van der Waals surface area contributed by atoms with Gasteiger partial charge in [-0.25, -0.2) is 9.59 Å². The lowest BCUT2D eigenvalue weighted by Crippen LogP contribution is -2.59. The molecule has 4 heterocycles. The Labute approximate surface area is 389 Å². The summed E-state index contributed by atoms with van der Waals surface area (Å²) in [6.07, 6.45) is 1.31. The highest BCUT2D eigenvalue weighted by Crippen LogP contribution is 2.52. The Balaban J connectivity index is 1.06. The first-order chi connectivity index (χ1) is 32.1. The van der Waals surface area contributed by atoms with Crippen molar-refractivity contribution in [1.29, 1.82) is 0 Å². The van der Waals surface area contributed by atoms with E-state index >= 15 is 9.59 Å². The number of hydrogen-bond acceptors (Lipinski definition) is 8. The number of carbonyl (C=O) groups excluding carboxylic acids is 2. The molecular weight excluding hydrogens is 821 g/mol. The summed E-state index contributed by atoms with van der Waals surface area (Å²) in [7, 11) is 0. The molecule has 6 aromatic carbocycles. The molecule has 4 saturated heterocycles. The molecule has 4 aliphatic rings. The van der Waals surface area contributed by atoms with E-state index in [0.29, 0.717) is 13.2 Å². The molecule has 10 rings (SSSR count). The molecule has 4 aliphatic heterocycles. The molecule has 0 N–H and O–H groups in total. The van der Waals surface area contributed by atoms with Gasteiger partial charge in [0.1, 0.15) is 0 Å². The summed E-state index contributed by atoms with van der Waals surface area (Å²) in [5.74, 6) is -1.73. The van der Waals surface area contributed by atoms with Crippen LogP contribution < -0.4 is 0 Å². The van der Waals surface area contributed by atoms with Crippen LogP contribution in [0.5, 0.6) is 0 Å². The van der Waals surface area contributed by atoms with Crippen LogP contribution in [0, 0.1) is 39.5 Å². The van der Waals surface area contributed by atoms with E-state index in [0.717, 1.165) is 72.4 Å². The summed E-state index contributed by atoms with van der Waals surface area (Å²) < 4.78 is 28.2. The van der Waals surface area contributed by atoms with Gasteiger partial charge in [-0.05, 0) is 64.8 Å². The number of esters is 2. The molecular formula is C58H60N2O6. The van der Waals surface area contributed by atoms with Gasteiger partial charge in [0, 0.05) is 47.2 Å². The molecule has 338 valence electrons. The first kappa shape index (κ1) is 44.0. The van der Waals surface area contributed by atoms with Crippen molar-refractivity contribution < 1.29 is 28.5 Å². The predicted molar refractivity (Wildman–Crippen MR) is 255 cm³/mol. The quantitative estimate of drug-likeness (QED) is 0.0792. The minimum absolute atomic E-state index is 0.203. The maximum Gasteiger partial charge on any atom is 0.418 e. The number of rotatable bonds is 14. The van der Waals surface area contributed by atoms with Crippen LogP contribution in [-0.2, 0) is 53.0 Å². The lowest BCUT2D eigenvalue weighted by Gasteiger charge is -2.47. The van der Waals surface area contributed by atoms with E-state index in [1.54, 1.807) is 0 Å². The lowest BCUT2D eigenvalue weighted by atomic mass is 9.75. The number of fused-ring (bicyclic) bond motifs is 4. The van der Waals surface area contributed by atoms with Crippen LogP contribution in [0.4, 0.5) is 0 Å². The molecule has 0 saturated carbocycles. The Morgan fingerprint density at radius 1 is 0.470 bits per heavy atom. The third kappa shape index (κ3) is 8.19. The van der Waals surface area contributed by atoms with Crippen molar-refractivity contribution >= 4 is 11.9 Å². The number of ether oxygens (including phenoxy) is 4. The van der Waals surface area contributed by atoms with Crippen LogP contribution in [0.25, 0.3) is 0 Å². The normalized spacial score (nSPS) is 24.4. The second-order valence-corrected chi connectivity index (χ2v) is 19.2. The minimum Gasteiger partial charge on any atom is -0.439 e. The van der Waals surface area contributed by atoms with Gasteiger partial charge in [0.15, 0.2) is 11.2 Å². The summed E-state index contributed by atoms with van der Waals surface area (Å²) in [5.41, 5.74) is 7.05.